The SMILES string of the molecule is CN1CCN(c2nc(N3CCS(=O)CC3)c3ncccc3n2)CC1. The summed E-state index contributed by atoms with van der Waals surface area (Å²) in [4.78, 5) is 20.9. The summed E-state index contributed by atoms with van der Waals surface area (Å²) in [5.74, 6) is 3.06. The summed E-state index contributed by atoms with van der Waals surface area (Å²) < 4.78 is 11.7. The normalized spacial score (nSPS) is 20.7. The van der Waals surface area contributed by atoms with Gasteiger partial charge in [0.1, 0.15) is 5.52 Å². The van der Waals surface area contributed by atoms with E-state index in [1.165, 1.54) is 0 Å². The molecule has 0 spiro atoms. The molecule has 2 fully saturated rings. The van der Waals surface area contributed by atoms with E-state index in [2.05, 4.69) is 26.7 Å². The summed E-state index contributed by atoms with van der Waals surface area (Å²) in [6.45, 7) is 5.44. The highest BCUT2D eigenvalue weighted by atomic mass is 32.2. The smallest absolute Gasteiger partial charge is 0.228 e. The Labute approximate surface area is 144 Å². The van der Waals surface area contributed by atoms with E-state index in [4.69, 9.17) is 9.97 Å². The van der Waals surface area contributed by atoms with Gasteiger partial charge in [0.2, 0.25) is 5.95 Å². The zero-order valence-electron chi connectivity index (χ0n) is 13.9. The van der Waals surface area contributed by atoms with Crippen LogP contribution in [0.4, 0.5) is 11.8 Å². The number of hydrogen-bond donors (Lipinski definition) is 0. The first-order valence-electron chi connectivity index (χ1n) is 8.37. The van der Waals surface area contributed by atoms with E-state index in [9.17, 15) is 4.21 Å². The van der Waals surface area contributed by atoms with Crippen molar-refractivity contribution in [3.8, 4) is 0 Å². The summed E-state index contributed by atoms with van der Waals surface area (Å²) >= 11 is 0. The molecule has 0 N–H and O–H groups in total. The molecule has 4 rings (SSSR count). The standard InChI is InChI=1S/C16H22N6OS/c1-20-5-7-22(8-6-20)16-18-13-3-2-4-17-14(13)15(19-16)21-9-11-24(23)12-10-21/h2-4H,5-12H2,1H3. The molecule has 24 heavy (non-hydrogen) atoms. The van der Waals surface area contributed by atoms with E-state index in [-0.39, 0.29) is 0 Å². The molecule has 0 aromatic carbocycles. The molecule has 2 aliphatic rings. The molecule has 7 nitrogen and oxygen atoms in total. The van der Waals surface area contributed by atoms with Gasteiger partial charge in [-0.05, 0) is 19.2 Å². The Kier molecular flexibility index (Phi) is 4.32. The van der Waals surface area contributed by atoms with Gasteiger partial charge in [-0.2, -0.15) is 4.98 Å². The number of rotatable bonds is 2. The van der Waals surface area contributed by atoms with Crippen LogP contribution in [-0.2, 0) is 10.8 Å². The maximum atomic E-state index is 11.7. The lowest BCUT2D eigenvalue weighted by Gasteiger charge is -2.33. The van der Waals surface area contributed by atoms with Gasteiger partial charge in [0.05, 0.1) is 5.52 Å². The number of anilines is 2. The fourth-order valence-electron chi connectivity index (χ4n) is 3.16. The van der Waals surface area contributed by atoms with Gasteiger partial charge in [0.15, 0.2) is 5.82 Å². The molecule has 0 saturated carbocycles. The van der Waals surface area contributed by atoms with Crippen LogP contribution in [0.3, 0.4) is 0 Å². The van der Waals surface area contributed by atoms with Gasteiger partial charge < -0.3 is 14.7 Å². The topological polar surface area (TPSA) is 65.5 Å². The Balaban J connectivity index is 1.72. The zero-order chi connectivity index (χ0) is 16.5. The number of fused-ring (bicyclic) bond motifs is 1. The summed E-state index contributed by atoms with van der Waals surface area (Å²) in [5.41, 5.74) is 1.71. The molecule has 0 atom stereocenters. The zero-order valence-corrected chi connectivity index (χ0v) is 14.7. The van der Waals surface area contributed by atoms with Gasteiger partial charge in [-0.15, -0.1) is 0 Å². The summed E-state index contributed by atoms with van der Waals surface area (Å²) in [6.07, 6.45) is 1.78. The van der Waals surface area contributed by atoms with Crippen LogP contribution >= 0.6 is 0 Å². The Morgan fingerprint density at radius 2 is 1.75 bits per heavy atom. The molecule has 0 amide bonds. The summed E-state index contributed by atoms with van der Waals surface area (Å²) in [6, 6.07) is 3.91. The molecule has 2 aromatic rings. The van der Waals surface area contributed by atoms with Crippen LogP contribution in [0, 0.1) is 0 Å². The van der Waals surface area contributed by atoms with E-state index >= 15 is 0 Å². The van der Waals surface area contributed by atoms with Crippen LogP contribution in [-0.4, -0.2) is 81.9 Å². The Hall–Kier alpha value is -1.80. The number of hydrogen-bond acceptors (Lipinski definition) is 7. The van der Waals surface area contributed by atoms with E-state index < -0.39 is 10.8 Å². The second-order valence-electron chi connectivity index (χ2n) is 6.34. The molecule has 2 aliphatic heterocycles. The Bertz CT molecular complexity index is 751. The van der Waals surface area contributed by atoms with E-state index in [0.29, 0.717) is 11.5 Å². The van der Waals surface area contributed by atoms with Gasteiger partial charge in [0, 0.05) is 67.8 Å². The highest BCUT2D eigenvalue weighted by molar-refractivity contribution is 7.85. The van der Waals surface area contributed by atoms with Crippen molar-refractivity contribution < 1.29 is 4.21 Å². The van der Waals surface area contributed by atoms with Crippen molar-refractivity contribution in [2.24, 2.45) is 0 Å². The van der Waals surface area contributed by atoms with Crippen molar-refractivity contribution in [3.63, 3.8) is 0 Å². The molecule has 0 radical (unpaired) electrons. The van der Waals surface area contributed by atoms with Crippen molar-refractivity contribution in [1.29, 1.82) is 0 Å². The molecule has 0 bridgehead atoms. The molecule has 4 heterocycles. The predicted octanol–water partition coefficient (Wildman–Crippen LogP) is 0.345. The number of likely N-dealkylation sites (N-methyl/N-ethyl adjacent to an activating group) is 1. The fraction of sp³-hybridized carbons (Fsp3) is 0.562. The number of nitrogens with zero attached hydrogens (tertiary/aromatic N) is 6. The van der Waals surface area contributed by atoms with Gasteiger partial charge >= 0.3 is 0 Å². The Morgan fingerprint density at radius 3 is 2.50 bits per heavy atom. The maximum absolute atomic E-state index is 11.7. The third-order valence-corrected chi connectivity index (χ3v) is 5.96. The first-order valence-corrected chi connectivity index (χ1v) is 9.86. The molecular formula is C16H22N6OS. The van der Waals surface area contributed by atoms with Crippen molar-refractivity contribution in [1.82, 2.24) is 19.9 Å². The quantitative estimate of drug-likeness (QED) is 0.777. The average molecular weight is 346 g/mol. The molecule has 0 unspecified atom stereocenters. The van der Waals surface area contributed by atoms with Crippen molar-refractivity contribution in [3.05, 3.63) is 18.3 Å². The van der Waals surface area contributed by atoms with E-state index in [1.54, 1.807) is 6.20 Å². The minimum absolute atomic E-state index is 0.697. The number of aromatic nitrogens is 3. The number of pyridine rings is 1. The van der Waals surface area contributed by atoms with E-state index in [1.807, 2.05) is 12.1 Å². The van der Waals surface area contributed by atoms with Gasteiger partial charge in [-0.25, -0.2) is 4.98 Å². The first kappa shape index (κ1) is 15.7. The average Bonchev–Trinajstić information content (AvgIpc) is 2.62. The lowest BCUT2D eigenvalue weighted by atomic mass is 10.3. The first-order chi connectivity index (χ1) is 11.7. The predicted molar refractivity (Wildman–Crippen MR) is 97.1 cm³/mol. The lowest BCUT2D eigenvalue weighted by molar-refractivity contribution is 0.311. The molecular weight excluding hydrogens is 324 g/mol. The van der Waals surface area contributed by atoms with Crippen molar-refractivity contribution in [2.75, 3.05) is 67.6 Å². The van der Waals surface area contributed by atoms with Crippen LogP contribution in [0.15, 0.2) is 18.3 Å². The highest BCUT2D eigenvalue weighted by Gasteiger charge is 2.23. The molecule has 128 valence electrons. The van der Waals surface area contributed by atoms with Crippen LogP contribution < -0.4 is 9.80 Å². The summed E-state index contributed by atoms with van der Waals surface area (Å²) in [7, 11) is 1.44. The molecule has 0 aliphatic carbocycles. The maximum Gasteiger partial charge on any atom is 0.228 e. The number of piperazine rings is 1. The molecule has 2 aromatic heterocycles. The van der Waals surface area contributed by atoms with Crippen LogP contribution in [0.2, 0.25) is 0 Å². The third-order valence-electron chi connectivity index (χ3n) is 4.69. The highest BCUT2D eigenvalue weighted by Crippen LogP contribution is 2.26. The van der Waals surface area contributed by atoms with Gasteiger partial charge in [-0.3, -0.25) is 9.19 Å². The fourth-order valence-corrected chi connectivity index (χ4v) is 4.21. The Morgan fingerprint density at radius 1 is 1.00 bits per heavy atom. The lowest BCUT2D eigenvalue weighted by Crippen LogP contribution is -2.45. The van der Waals surface area contributed by atoms with Crippen LogP contribution in [0.1, 0.15) is 0 Å². The van der Waals surface area contributed by atoms with Crippen LogP contribution in [0.25, 0.3) is 11.0 Å². The molecule has 2 saturated heterocycles. The second kappa shape index (κ2) is 6.60. The minimum Gasteiger partial charge on any atom is -0.353 e. The monoisotopic (exact) mass is 346 g/mol. The largest absolute Gasteiger partial charge is 0.353 e. The second-order valence-corrected chi connectivity index (χ2v) is 8.04. The summed E-state index contributed by atoms with van der Waals surface area (Å²) in [5, 5.41) is 0. The van der Waals surface area contributed by atoms with Crippen LogP contribution in [0.5, 0.6) is 0 Å². The minimum atomic E-state index is -0.703. The van der Waals surface area contributed by atoms with E-state index in [0.717, 1.165) is 62.1 Å². The van der Waals surface area contributed by atoms with Gasteiger partial charge in [-0.1, -0.05) is 0 Å². The van der Waals surface area contributed by atoms with Crippen molar-refractivity contribution >= 4 is 33.6 Å². The van der Waals surface area contributed by atoms with Crippen molar-refractivity contribution in [2.45, 2.75) is 0 Å². The molecule has 8 heteroatoms. The third kappa shape index (κ3) is 3.08. The van der Waals surface area contributed by atoms with Gasteiger partial charge in [0.25, 0.3) is 0 Å².